The minimum Gasteiger partial charge on any atom is -0.459 e. The highest BCUT2D eigenvalue weighted by molar-refractivity contribution is 7.81. The van der Waals surface area contributed by atoms with Gasteiger partial charge in [-0.1, -0.05) is 0 Å². The van der Waals surface area contributed by atoms with Gasteiger partial charge in [0.1, 0.15) is 6.10 Å². The fourth-order valence-corrected chi connectivity index (χ4v) is 2.84. The highest BCUT2D eigenvalue weighted by Crippen LogP contribution is 2.46. The number of rotatable bonds is 3. The molecule has 1 N–H and O–H groups in total. The van der Waals surface area contributed by atoms with Crippen LogP contribution in [0.25, 0.3) is 0 Å². The van der Waals surface area contributed by atoms with Crippen molar-refractivity contribution in [3.05, 3.63) is 0 Å². The lowest BCUT2D eigenvalue weighted by Gasteiger charge is -2.24. The van der Waals surface area contributed by atoms with Crippen molar-refractivity contribution in [1.29, 1.82) is 0 Å². The third-order valence-corrected chi connectivity index (χ3v) is 4.45. The Morgan fingerprint density at radius 2 is 2.19 bits per heavy atom. The van der Waals surface area contributed by atoms with Crippen molar-refractivity contribution in [2.24, 2.45) is 11.8 Å². The van der Waals surface area contributed by atoms with E-state index in [2.05, 4.69) is 0 Å². The van der Waals surface area contributed by atoms with Gasteiger partial charge >= 0.3 is 11.0 Å². The second kappa shape index (κ2) is 4.07. The van der Waals surface area contributed by atoms with E-state index < -0.39 is 22.1 Å². The summed E-state index contributed by atoms with van der Waals surface area (Å²) in [5.74, 6) is -0.323. The van der Waals surface area contributed by atoms with E-state index in [1.54, 1.807) is 0 Å². The molecule has 2 aliphatic rings. The monoisotopic (exact) mass is 250 g/mol. The summed E-state index contributed by atoms with van der Waals surface area (Å²) in [6.07, 6.45) is 3.70. The van der Waals surface area contributed by atoms with Crippen LogP contribution in [-0.4, -0.2) is 25.8 Å². The standard InChI is InChI=1S/C10H15FO4S/c1-10(11,16(13)14)9(12)15-8-5-6-2-3-7(8)4-6/h6-8H,2-5H2,1H3,(H,13,14). The molecule has 0 aromatic rings. The Hall–Kier alpha value is -0.490. The van der Waals surface area contributed by atoms with Gasteiger partial charge in [0.2, 0.25) is 11.1 Å². The molecule has 0 aliphatic heterocycles. The van der Waals surface area contributed by atoms with Crippen LogP contribution in [0.4, 0.5) is 4.39 Å². The van der Waals surface area contributed by atoms with Gasteiger partial charge < -0.3 is 9.29 Å². The van der Waals surface area contributed by atoms with E-state index in [0.29, 0.717) is 11.8 Å². The minimum absolute atomic E-state index is 0.259. The first kappa shape index (κ1) is 12.0. The molecule has 0 radical (unpaired) electrons. The zero-order chi connectivity index (χ0) is 11.9. The molecule has 2 saturated carbocycles. The first-order chi connectivity index (χ1) is 7.41. The summed E-state index contributed by atoms with van der Waals surface area (Å²) in [7, 11) is 0. The van der Waals surface area contributed by atoms with Crippen LogP contribution < -0.4 is 0 Å². The van der Waals surface area contributed by atoms with E-state index in [1.807, 2.05) is 0 Å². The van der Waals surface area contributed by atoms with Crippen LogP contribution in [0, 0.1) is 11.8 Å². The van der Waals surface area contributed by atoms with Crippen molar-refractivity contribution < 1.29 is 22.7 Å². The zero-order valence-corrected chi connectivity index (χ0v) is 9.84. The van der Waals surface area contributed by atoms with Gasteiger partial charge in [0.25, 0.3) is 0 Å². The van der Waals surface area contributed by atoms with Crippen LogP contribution in [0.3, 0.4) is 0 Å². The molecular weight excluding hydrogens is 235 g/mol. The highest BCUT2D eigenvalue weighted by atomic mass is 32.2. The number of hydrogen-bond acceptors (Lipinski definition) is 3. The van der Waals surface area contributed by atoms with E-state index >= 15 is 0 Å². The molecular formula is C10H15FO4S. The van der Waals surface area contributed by atoms with Crippen molar-refractivity contribution in [3.8, 4) is 0 Å². The lowest BCUT2D eigenvalue weighted by Crippen LogP contribution is -2.39. The molecule has 0 heterocycles. The van der Waals surface area contributed by atoms with Gasteiger partial charge in [0.15, 0.2) is 0 Å². The SMILES string of the molecule is CC(F)(C(=O)OC1CC2CCC1C2)S(=O)O. The largest absolute Gasteiger partial charge is 0.459 e. The average molecular weight is 250 g/mol. The first-order valence-electron chi connectivity index (χ1n) is 5.42. The molecule has 2 aliphatic carbocycles. The van der Waals surface area contributed by atoms with Gasteiger partial charge in [-0.25, -0.2) is 13.4 Å². The van der Waals surface area contributed by atoms with E-state index in [-0.39, 0.29) is 6.10 Å². The van der Waals surface area contributed by atoms with Crippen molar-refractivity contribution in [2.45, 2.75) is 43.7 Å². The summed E-state index contributed by atoms with van der Waals surface area (Å²) in [5.41, 5.74) is 0. The zero-order valence-electron chi connectivity index (χ0n) is 9.02. The van der Waals surface area contributed by atoms with Crippen LogP contribution in [0.15, 0.2) is 0 Å². The molecule has 0 aromatic heterocycles. The molecule has 16 heavy (non-hydrogen) atoms. The van der Waals surface area contributed by atoms with E-state index in [1.165, 1.54) is 0 Å². The van der Waals surface area contributed by atoms with E-state index in [4.69, 9.17) is 9.29 Å². The molecule has 4 nitrogen and oxygen atoms in total. The Morgan fingerprint density at radius 1 is 1.50 bits per heavy atom. The summed E-state index contributed by atoms with van der Waals surface area (Å²) in [5, 5.41) is -2.82. The van der Waals surface area contributed by atoms with Gasteiger partial charge in [0.05, 0.1) is 0 Å². The Bertz CT molecular complexity index is 331. The maximum atomic E-state index is 13.5. The summed E-state index contributed by atoms with van der Waals surface area (Å²) >= 11 is -2.85. The number of carbonyl (C=O) groups excluding carboxylic acids is 1. The van der Waals surface area contributed by atoms with Gasteiger partial charge in [-0.2, -0.15) is 0 Å². The Labute approximate surface area is 95.8 Å². The molecule has 2 rings (SSSR count). The van der Waals surface area contributed by atoms with E-state index in [0.717, 1.165) is 32.6 Å². The predicted octanol–water partition coefficient (Wildman–Crippen LogP) is 1.63. The molecule has 92 valence electrons. The van der Waals surface area contributed by atoms with Crippen molar-refractivity contribution >= 4 is 17.0 Å². The molecule has 0 spiro atoms. The maximum absolute atomic E-state index is 13.5. The second-order valence-corrected chi connectivity index (χ2v) is 6.05. The van der Waals surface area contributed by atoms with Gasteiger partial charge in [-0.05, 0) is 44.4 Å². The van der Waals surface area contributed by atoms with Crippen molar-refractivity contribution in [3.63, 3.8) is 0 Å². The number of carbonyl (C=O) groups is 1. The summed E-state index contributed by atoms with van der Waals surface area (Å²) in [6.45, 7) is 0.776. The normalized spacial score (nSPS) is 38.1. The fraction of sp³-hybridized carbons (Fsp3) is 0.900. The average Bonchev–Trinajstić information content (AvgIpc) is 2.78. The smallest absolute Gasteiger partial charge is 0.359 e. The quantitative estimate of drug-likeness (QED) is 0.610. The molecule has 2 bridgehead atoms. The number of esters is 1. The summed E-state index contributed by atoms with van der Waals surface area (Å²) in [4.78, 5) is 11.4. The Morgan fingerprint density at radius 3 is 2.62 bits per heavy atom. The number of alkyl halides is 1. The van der Waals surface area contributed by atoms with Crippen LogP contribution in [0.5, 0.6) is 0 Å². The number of ether oxygens (including phenoxy) is 1. The first-order valence-corrected chi connectivity index (χ1v) is 6.53. The van der Waals surface area contributed by atoms with Gasteiger partial charge in [-0.15, -0.1) is 0 Å². The van der Waals surface area contributed by atoms with Crippen molar-refractivity contribution in [1.82, 2.24) is 0 Å². The molecule has 0 saturated heterocycles. The Kier molecular flexibility index (Phi) is 3.05. The summed E-state index contributed by atoms with van der Waals surface area (Å²) < 4.78 is 37.8. The molecule has 0 aromatic carbocycles. The molecule has 6 heteroatoms. The van der Waals surface area contributed by atoms with Crippen LogP contribution in [-0.2, 0) is 20.6 Å². The number of fused-ring (bicyclic) bond motifs is 2. The summed E-state index contributed by atoms with van der Waals surface area (Å²) in [6, 6.07) is 0. The van der Waals surface area contributed by atoms with Crippen LogP contribution in [0.2, 0.25) is 0 Å². The number of halogens is 1. The van der Waals surface area contributed by atoms with Crippen LogP contribution >= 0.6 is 0 Å². The minimum atomic E-state index is -2.85. The predicted molar refractivity (Wildman–Crippen MR) is 55.6 cm³/mol. The molecule has 2 fully saturated rings. The highest BCUT2D eigenvalue weighted by Gasteiger charge is 2.47. The molecule has 0 amide bonds. The third-order valence-electron chi connectivity index (χ3n) is 3.62. The van der Waals surface area contributed by atoms with Gasteiger partial charge in [0, 0.05) is 0 Å². The van der Waals surface area contributed by atoms with Crippen LogP contribution in [0.1, 0.15) is 32.6 Å². The molecule has 5 unspecified atom stereocenters. The fourth-order valence-electron chi connectivity index (χ4n) is 2.64. The Balaban J connectivity index is 1.95. The van der Waals surface area contributed by atoms with E-state index in [9.17, 15) is 13.4 Å². The maximum Gasteiger partial charge on any atom is 0.359 e. The van der Waals surface area contributed by atoms with Crippen molar-refractivity contribution in [2.75, 3.05) is 0 Å². The number of hydrogen-bond donors (Lipinski definition) is 1. The topological polar surface area (TPSA) is 63.6 Å². The molecule has 5 atom stereocenters. The second-order valence-electron chi connectivity index (χ2n) is 4.78. The third kappa shape index (κ3) is 2.00. The lowest BCUT2D eigenvalue weighted by atomic mass is 9.98. The van der Waals surface area contributed by atoms with Gasteiger partial charge in [-0.3, -0.25) is 0 Å². The lowest BCUT2D eigenvalue weighted by molar-refractivity contribution is -0.159.